The van der Waals surface area contributed by atoms with Crippen molar-refractivity contribution < 1.29 is 18.3 Å². The number of hydrogen-bond donors (Lipinski definition) is 1. The highest BCUT2D eigenvalue weighted by molar-refractivity contribution is 5.93. The van der Waals surface area contributed by atoms with Crippen LogP contribution < -0.4 is 10.5 Å². The van der Waals surface area contributed by atoms with Crippen LogP contribution in [-0.2, 0) is 6.61 Å². The second-order valence-corrected chi connectivity index (χ2v) is 5.39. The minimum Gasteiger partial charge on any atom is -0.484 e. The molecule has 3 rings (SSSR count). The number of amides is 1. The van der Waals surface area contributed by atoms with Gasteiger partial charge in [0.15, 0.2) is 11.6 Å². The van der Waals surface area contributed by atoms with E-state index in [4.69, 9.17) is 10.5 Å². The maximum Gasteiger partial charge on any atom is 0.254 e. The molecule has 1 heterocycles. The lowest BCUT2D eigenvalue weighted by atomic mass is 10.1. The van der Waals surface area contributed by atoms with E-state index in [1.165, 1.54) is 0 Å². The number of rotatable bonds is 4. The minimum atomic E-state index is -1.19. The zero-order valence-corrected chi connectivity index (χ0v) is 12.8. The summed E-state index contributed by atoms with van der Waals surface area (Å²) in [6.45, 7) is 1.94. The summed E-state index contributed by atoms with van der Waals surface area (Å²) in [4.78, 5) is 15.6. The molecule has 2 N–H and O–H groups in total. The number of halogens is 2. The van der Waals surface area contributed by atoms with Gasteiger partial charge < -0.3 is 10.5 Å². The van der Waals surface area contributed by atoms with E-state index >= 15 is 0 Å². The Bertz CT molecular complexity index is 942. The summed E-state index contributed by atoms with van der Waals surface area (Å²) in [6.07, 6.45) is 0. The second-order valence-electron chi connectivity index (χ2n) is 5.39. The van der Waals surface area contributed by atoms with Gasteiger partial charge in [0.1, 0.15) is 18.0 Å². The van der Waals surface area contributed by atoms with Crippen LogP contribution in [0.1, 0.15) is 21.6 Å². The smallest absolute Gasteiger partial charge is 0.254 e. The summed E-state index contributed by atoms with van der Waals surface area (Å²) in [7, 11) is 0. The van der Waals surface area contributed by atoms with Gasteiger partial charge in [0.2, 0.25) is 0 Å². The molecular weight excluding hydrogens is 314 g/mol. The fourth-order valence-electron chi connectivity index (χ4n) is 2.37. The molecule has 0 saturated heterocycles. The Hall–Kier alpha value is -3.02. The second kappa shape index (κ2) is 6.23. The van der Waals surface area contributed by atoms with Crippen molar-refractivity contribution in [2.75, 3.05) is 0 Å². The minimum absolute atomic E-state index is 0.0232. The molecule has 0 bridgehead atoms. The molecule has 3 aromatic rings. The van der Waals surface area contributed by atoms with E-state index in [0.29, 0.717) is 5.69 Å². The molecule has 0 aliphatic rings. The molecule has 2 aromatic carbocycles. The van der Waals surface area contributed by atoms with Crippen LogP contribution in [0.2, 0.25) is 0 Å². The first kappa shape index (κ1) is 15.9. The van der Waals surface area contributed by atoms with Gasteiger partial charge in [-0.3, -0.25) is 4.79 Å². The van der Waals surface area contributed by atoms with Crippen molar-refractivity contribution in [2.24, 2.45) is 5.73 Å². The number of pyridine rings is 1. The summed E-state index contributed by atoms with van der Waals surface area (Å²) in [5.74, 6) is -3.57. The van der Waals surface area contributed by atoms with Gasteiger partial charge in [-0.2, -0.15) is 0 Å². The molecule has 0 radical (unpaired) electrons. The SMILES string of the molecule is Cc1ccc2ccc(COc3ccc(F)c(C(N)=O)c3F)nc2c1. The highest BCUT2D eigenvalue weighted by Crippen LogP contribution is 2.24. The molecule has 0 spiro atoms. The van der Waals surface area contributed by atoms with Crippen molar-refractivity contribution in [3.05, 3.63) is 70.9 Å². The predicted octanol–water partition coefficient (Wildman–Crippen LogP) is 3.50. The zero-order chi connectivity index (χ0) is 17.3. The van der Waals surface area contributed by atoms with Crippen molar-refractivity contribution >= 4 is 16.8 Å². The normalized spacial score (nSPS) is 10.8. The Morgan fingerprint density at radius 1 is 1.17 bits per heavy atom. The van der Waals surface area contributed by atoms with Gasteiger partial charge in [-0.25, -0.2) is 13.8 Å². The average molecular weight is 328 g/mol. The van der Waals surface area contributed by atoms with Gasteiger partial charge in [0.25, 0.3) is 5.91 Å². The Labute approximate surface area is 136 Å². The molecular formula is C18H14F2N2O2. The molecule has 6 heteroatoms. The first-order valence-electron chi connectivity index (χ1n) is 7.22. The molecule has 0 aliphatic heterocycles. The number of nitrogens with zero attached hydrogens (tertiary/aromatic N) is 1. The van der Waals surface area contributed by atoms with Gasteiger partial charge in [0.05, 0.1) is 11.2 Å². The third-order valence-electron chi connectivity index (χ3n) is 3.58. The van der Waals surface area contributed by atoms with Gasteiger partial charge in [0, 0.05) is 5.39 Å². The molecule has 1 amide bonds. The summed E-state index contributed by atoms with van der Waals surface area (Å²) >= 11 is 0. The van der Waals surface area contributed by atoms with E-state index in [9.17, 15) is 13.6 Å². The maximum absolute atomic E-state index is 14.1. The first-order chi connectivity index (χ1) is 11.5. The van der Waals surface area contributed by atoms with Crippen molar-refractivity contribution in [1.29, 1.82) is 0 Å². The molecule has 0 unspecified atom stereocenters. The summed E-state index contributed by atoms with van der Waals surface area (Å²) in [5.41, 5.74) is 6.62. The number of fused-ring (bicyclic) bond motifs is 1. The van der Waals surface area contributed by atoms with E-state index in [0.717, 1.165) is 28.6 Å². The lowest BCUT2D eigenvalue weighted by molar-refractivity contribution is 0.0991. The van der Waals surface area contributed by atoms with E-state index in [1.807, 2.05) is 31.2 Å². The van der Waals surface area contributed by atoms with Crippen LogP contribution >= 0.6 is 0 Å². The standard InChI is InChI=1S/C18H14F2N2O2/c1-10-2-3-11-4-5-12(22-14(11)8-10)9-24-15-7-6-13(19)16(17(15)20)18(21)23/h2-8H,9H2,1H3,(H2,21,23). The van der Waals surface area contributed by atoms with E-state index in [-0.39, 0.29) is 12.4 Å². The zero-order valence-electron chi connectivity index (χ0n) is 12.8. The highest BCUT2D eigenvalue weighted by atomic mass is 19.1. The molecule has 1 aromatic heterocycles. The lowest BCUT2D eigenvalue weighted by Crippen LogP contribution is -2.16. The molecule has 0 aliphatic carbocycles. The van der Waals surface area contributed by atoms with Crippen molar-refractivity contribution in [2.45, 2.75) is 13.5 Å². The molecule has 4 nitrogen and oxygen atoms in total. The quantitative estimate of drug-likeness (QED) is 0.797. The van der Waals surface area contributed by atoms with Crippen LogP contribution in [0, 0.1) is 18.6 Å². The van der Waals surface area contributed by atoms with Crippen molar-refractivity contribution in [3.63, 3.8) is 0 Å². The first-order valence-corrected chi connectivity index (χ1v) is 7.22. The number of carbonyl (C=O) groups is 1. The molecule has 24 heavy (non-hydrogen) atoms. The van der Waals surface area contributed by atoms with E-state index in [1.54, 1.807) is 6.07 Å². The Morgan fingerprint density at radius 3 is 2.67 bits per heavy atom. The van der Waals surface area contributed by atoms with Gasteiger partial charge in [-0.1, -0.05) is 18.2 Å². The third kappa shape index (κ3) is 3.03. The summed E-state index contributed by atoms with van der Waals surface area (Å²) in [6, 6.07) is 11.6. The third-order valence-corrected chi connectivity index (χ3v) is 3.58. The van der Waals surface area contributed by atoms with E-state index in [2.05, 4.69) is 4.98 Å². The summed E-state index contributed by atoms with van der Waals surface area (Å²) in [5, 5.41) is 0.980. The van der Waals surface area contributed by atoms with Crippen LogP contribution in [0.25, 0.3) is 10.9 Å². The number of aryl methyl sites for hydroxylation is 1. The van der Waals surface area contributed by atoms with Crippen LogP contribution in [-0.4, -0.2) is 10.9 Å². The van der Waals surface area contributed by atoms with Crippen LogP contribution in [0.3, 0.4) is 0 Å². The van der Waals surface area contributed by atoms with Gasteiger partial charge >= 0.3 is 0 Å². The number of carbonyl (C=O) groups excluding carboxylic acids is 1. The topological polar surface area (TPSA) is 65.2 Å². The number of benzene rings is 2. The Balaban J connectivity index is 1.86. The molecule has 0 atom stereocenters. The fraction of sp³-hybridized carbons (Fsp3) is 0.111. The molecule has 0 saturated carbocycles. The highest BCUT2D eigenvalue weighted by Gasteiger charge is 2.19. The number of nitrogens with two attached hydrogens (primary N) is 1. The number of primary amides is 1. The maximum atomic E-state index is 14.1. The van der Waals surface area contributed by atoms with Crippen LogP contribution in [0.4, 0.5) is 8.78 Å². The molecule has 122 valence electrons. The molecule has 0 fully saturated rings. The van der Waals surface area contributed by atoms with Crippen LogP contribution in [0.15, 0.2) is 42.5 Å². The van der Waals surface area contributed by atoms with Crippen LogP contribution in [0.5, 0.6) is 5.75 Å². The summed E-state index contributed by atoms with van der Waals surface area (Å²) < 4.78 is 32.9. The monoisotopic (exact) mass is 328 g/mol. The predicted molar refractivity (Wildman–Crippen MR) is 85.7 cm³/mol. The van der Waals surface area contributed by atoms with Gasteiger partial charge in [-0.15, -0.1) is 0 Å². The Morgan fingerprint density at radius 2 is 1.92 bits per heavy atom. The average Bonchev–Trinajstić information content (AvgIpc) is 2.53. The lowest BCUT2D eigenvalue weighted by Gasteiger charge is -2.10. The number of ether oxygens (including phenoxy) is 1. The number of aromatic nitrogens is 1. The fourth-order valence-corrected chi connectivity index (χ4v) is 2.37. The van der Waals surface area contributed by atoms with E-state index < -0.39 is 23.1 Å². The van der Waals surface area contributed by atoms with Crippen molar-refractivity contribution in [3.8, 4) is 5.75 Å². The van der Waals surface area contributed by atoms with Gasteiger partial charge in [-0.05, 0) is 36.8 Å². The number of hydrogen-bond acceptors (Lipinski definition) is 3. The van der Waals surface area contributed by atoms with Crippen molar-refractivity contribution in [1.82, 2.24) is 4.98 Å². The Kier molecular flexibility index (Phi) is 4.12. The largest absolute Gasteiger partial charge is 0.484 e.